The Kier molecular flexibility index (Phi) is 3.82. The molecule has 96 valence electrons. The van der Waals surface area contributed by atoms with E-state index in [1.165, 1.54) is 0 Å². The molecule has 1 aliphatic carbocycles. The molecule has 1 heterocycles. The number of ketones is 1. The van der Waals surface area contributed by atoms with Gasteiger partial charge in [-0.1, -0.05) is 0 Å². The molecule has 0 radical (unpaired) electrons. The molecule has 0 aromatic carbocycles. The molecule has 2 aliphatic rings. The van der Waals surface area contributed by atoms with E-state index in [0.29, 0.717) is 12.5 Å². The predicted molar refractivity (Wildman–Crippen MR) is 65.7 cm³/mol. The highest BCUT2D eigenvalue weighted by molar-refractivity contribution is 5.82. The van der Waals surface area contributed by atoms with Crippen molar-refractivity contribution in [3.05, 3.63) is 0 Å². The molecule has 2 atom stereocenters. The van der Waals surface area contributed by atoms with Crippen LogP contribution in [0.25, 0.3) is 0 Å². The smallest absolute Gasteiger partial charge is 0.237 e. The maximum Gasteiger partial charge on any atom is 0.237 e. The van der Waals surface area contributed by atoms with Crippen molar-refractivity contribution >= 4 is 11.7 Å². The molecule has 1 saturated carbocycles. The van der Waals surface area contributed by atoms with Gasteiger partial charge in [-0.15, -0.1) is 0 Å². The number of amides is 1. The molecule has 2 unspecified atom stereocenters. The van der Waals surface area contributed by atoms with Gasteiger partial charge in [0.1, 0.15) is 5.78 Å². The lowest BCUT2D eigenvalue weighted by Crippen LogP contribution is -2.48. The van der Waals surface area contributed by atoms with Crippen molar-refractivity contribution in [1.29, 1.82) is 0 Å². The van der Waals surface area contributed by atoms with Gasteiger partial charge in [0.15, 0.2) is 0 Å². The average molecular weight is 238 g/mol. The van der Waals surface area contributed by atoms with Gasteiger partial charge in [-0.25, -0.2) is 0 Å². The third-order valence-electron chi connectivity index (χ3n) is 3.75. The third-order valence-corrected chi connectivity index (χ3v) is 3.75. The number of carbonyl (C=O) groups excluding carboxylic acids is 2. The van der Waals surface area contributed by atoms with Gasteiger partial charge >= 0.3 is 0 Å². The topological polar surface area (TPSA) is 49.4 Å². The number of rotatable bonds is 5. The normalized spacial score (nSPS) is 26.8. The van der Waals surface area contributed by atoms with E-state index >= 15 is 0 Å². The summed E-state index contributed by atoms with van der Waals surface area (Å²) in [5.74, 6) is 0.347. The summed E-state index contributed by atoms with van der Waals surface area (Å²) in [6.07, 6.45) is 4.96. The molecule has 1 amide bonds. The summed E-state index contributed by atoms with van der Waals surface area (Å²) in [6.45, 7) is 4.53. The Morgan fingerprint density at radius 1 is 1.35 bits per heavy atom. The van der Waals surface area contributed by atoms with Gasteiger partial charge in [0.2, 0.25) is 5.91 Å². The average Bonchev–Trinajstić information content (AvgIpc) is 2.95. The van der Waals surface area contributed by atoms with Crippen LogP contribution < -0.4 is 5.32 Å². The van der Waals surface area contributed by atoms with E-state index in [1.54, 1.807) is 6.92 Å². The Balaban J connectivity index is 1.89. The first-order valence-electron chi connectivity index (χ1n) is 6.63. The summed E-state index contributed by atoms with van der Waals surface area (Å²) in [5.41, 5.74) is 0. The van der Waals surface area contributed by atoms with Crippen molar-refractivity contribution in [1.82, 2.24) is 10.2 Å². The fraction of sp³-hybridized carbons (Fsp3) is 0.846. The summed E-state index contributed by atoms with van der Waals surface area (Å²) in [7, 11) is 0. The zero-order valence-electron chi connectivity index (χ0n) is 10.7. The summed E-state index contributed by atoms with van der Waals surface area (Å²) >= 11 is 0. The molecule has 1 N–H and O–H groups in total. The van der Waals surface area contributed by atoms with Gasteiger partial charge in [0.25, 0.3) is 0 Å². The fourth-order valence-corrected chi connectivity index (χ4v) is 2.62. The molecule has 4 nitrogen and oxygen atoms in total. The summed E-state index contributed by atoms with van der Waals surface area (Å²) in [4.78, 5) is 25.4. The van der Waals surface area contributed by atoms with E-state index in [9.17, 15) is 9.59 Å². The second-order valence-electron chi connectivity index (χ2n) is 5.40. The van der Waals surface area contributed by atoms with E-state index < -0.39 is 0 Å². The fourth-order valence-electron chi connectivity index (χ4n) is 2.62. The van der Waals surface area contributed by atoms with Crippen molar-refractivity contribution in [2.75, 3.05) is 6.54 Å². The molecule has 1 saturated heterocycles. The Labute approximate surface area is 103 Å². The maximum absolute atomic E-state index is 12.0. The van der Waals surface area contributed by atoms with E-state index in [4.69, 9.17) is 0 Å². The van der Waals surface area contributed by atoms with Gasteiger partial charge in [-0.05, 0) is 46.1 Å². The minimum Gasteiger partial charge on any atom is -0.352 e. The summed E-state index contributed by atoms with van der Waals surface area (Å²) < 4.78 is 0. The molecule has 4 heteroatoms. The number of nitrogens with one attached hydrogen (secondary N) is 1. The molecule has 1 aliphatic heterocycles. The molecule has 0 aromatic rings. The summed E-state index contributed by atoms with van der Waals surface area (Å²) in [5, 5.41) is 3.04. The number of Topliss-reactive ketones (excluding diaryl/α,β-unsaturated/α-hetero) is 1. The molecular formula is C13H22N2O2. The zero-order valence-corrected chi connectivity index (χ0v) is 10.7. The van der Waals surface area contributed by atoms with Crippen molar-refractivity contribution in [3.8, 4) is 0 Å². The van der Waals surface area contributed by atoms with Crippen LogP contribution in [-0.4, -0.2) is 41.3 Å². The van der Waals surface area contributed by atoms with Gasteiger partial charge in [0.05, 0.1) is 6.04 Å². The largest absolute Gasteiger partial charge is 0.352 e. The van der Waals surface area contributed by atoms with Crippen LogP contribution >= 0.6 is 0 Å². The van der Waals surface area contributed by atoms with Crippen LogP contribution in [0.4, 0.5) is 0 Å². The highest BCUT2D eigenvalue weighted by Crippen LogP contribution is 2.24. The van der Waals surface area contributed by atoms with Crippen LogP contribution in [0.15, 0.2) is 0 Å². The number of nitrogens with zero attached hydrogens (tertiary/aromatic N) is 1. The van der Waals surface area contributed by atoms with Crippen molar-refractivity contribution < 1.29 is 9.59 Å². The molecule has 0 spiro atoms. The second-order valence-corrected chi connectivity index (χ2v) is 5.40. The van der Waals surface area contributed by atoms with Gasteiger partial charge in [-0.3, -0.25) is 14.5 Å². The third kappa shape index (κ3) is 3.28. The molecule has 2 fully saturated rings. The monoisotopic (exact) mass is 238 g/mol. The van der Waals surface area contributed by atoms with Crippen molar-refractivity contribution in [2.24, 2.45) is 0 Å². The second kappa shape index (κ2) is 5.17. The Bertz CT molecular complexity index is 313. The van der Waals surface area contributed by atoms with Gasteiger partial charge in [-0.2, -0.15) is 0 Å². The van der Waals surface area contributed by atoms with Gasteiger partial charge < -0.3 is 5.32 Å². The van der Waals surface area contributed by atoms with E-state index in [0.717, 1.165) is 32.2 Å². The number of hydrogen-bond donors (Lipinski definition) is 1. The number of likely N-dealkylation sites (tertiary alicyclic amines) is 1. The molecular weight excluding hydrogens is 216 g/mol. The Morgan fingerprint density at radius 3 is 2.65 bits per heavy atom. The van der Waals surface area contributed by atoms with Crippen LogP contribution in [0.5, 0.6) is 0 Å². The molecule has 17 heavy (non-hydrogen) atoms. The lowest BCUT2D eigenvalue weighted by Gasteiger charge is -2.29. The van der Waals surface area contributed by atoms with E-state index in [2.05, 4.69) is 10.2 Å². The lowest BCUT2D eigenvalue weighted by atomic mass is 10.1. The van der Waals surface area contributed by atoms with Gasteiger partial charge in [0, 0.05) is 18.5 Å². The predicted octanol–water partition coefficient (Wildman–Crippen LogP) is 1.10. The first kappa shape index (κ1) is 12.6. The highest BCUT2D eigenvalue weighted by Gasteiger charge is 2.34. The van der Waals surface area contributed by atoms with E-state index in [-0.39, 0.29) is 23.8 Å². The quantitative estimate of drug-likeness (QED) is 0.780. The highest BCUT2D eigenvalue weighted by atomic mass is 16.2. The zero-order chi connectivity index (χ0) is 12.4. The lowest BCUT2D eigenvalue weighted by molar-refractivity contribution is -0.127. The number of hydrogen-bond acceptors (Lipinski definition) is 3. The standard InChI is InChI=1S/C13H22N2O2/c1-9(16)8-12-4-3-7-15(12)10(2)13(17)14-11-5-6-11/h10-12H,3-8H2,1-2H3,(H,14,17). The van der Waals surface area contributed by atoms with E-state index in [1.807, 2.05) is 6.92 Å². The minimum atomic E-state index is -0.0950. The number of carbonyl (C=O) groups is 2. The van der Waals surface area contributed by atoms with Crippen LogP contribution in [0.2, 0.25) is 0 Å². The maximum atomic E-state index is 12.0. The van der Waals surface area contributed by atoms with Crippen LogP contribution in [0.3, 0.4) is 0 Å². The molecule has 0 bridgehead atoms. The molecule has 0 aromatic heterocycles. The first-order valence-corrected chi connectivity index (χ1v) is 6.63. The Morgan fingerprint density at radius 2 is 2.06 bits per heavy atom. The van der Waals surface area contributed by atoms with Crippen LogP contribution in [0.1, 0.15) is 46.0 Å². The van der Waals surface area contributed by atoms with Crippen molar-refractivity contribution in [3.63, 3.8) is 0 Å². The first-order chi connectivity index (χ1) is 8.08. The SMILES string of the molecule is CC(=O)CC1CCCN1C(C)C(=O)NC1CC1. The minimum absolute atomic E-state index is 0.0950. The van der Waals surface area contributed by atoms with Crippen molar-refractivity contribution in [2.45, 2.75) is 64.1 Å². The Hall–Kier alpha value is -0.900. The van der Waals surface area contributed by atoms with Crippen LogP contribution in [-0.2, 0) is 9.59 Å². The molecule has 2 rings (SSSR count). The van der Waals surface area contributed by atoms with Crippen LogP contribution in [0, 0.1) is 0 Å². The summed E-state index contributed by atoms with van der Waals surface area (Å²) in [6, 6.07) is 0.591.